The first-order valence-corrected chi connectivity index (χ1v) is 6.52. The predicted octanol–water partition coefficient (Wildman–Crippen LogP) is 0.467. The first-order chi connectivity index (χ1) is 7.88. The van der Waals surface area contributed by atoms with Crippen LogP contribution in [0.4, 0.5) is 10.1 Å². The largest absolute Gasteiger partial charge is 0.368 e. The molecule has 1 amide bonds. The minimum absolute atomic E-state index is 0.173. The molecule has 2 N–H and O–H groups in total. The second kappa shape index (κ2) is 5.13. The third-order valence-electron chi connectivity index (χ3n) is 2.12. The van der Waals surface area contributed by atoms with Crippen molar-refractivity contribution >= 4 is 21.6 Å². The quantitative estimate of drug-likeness (QED) is 0.835. The van der Waals surface area contributed by atoms with Gasteiger partial charge in [-0.2, -0.15) is 0 Å². The van der Waals surface area contributed by atoms with Crippen LogP contribution >= 0.6 is 0 Å². The molecule has 0 aromatic heterocycles. The maximum atomic E-state index is 13.5. The molecule has 1 aromatic carbocycles. The van der Waals surface area contributed by atoms with E-state index in [0.717, 1.165) is 6.07 Å². The zero-order chi connectivity index (χ0) is 13.1. The fraction of sp³-hybridized carbons (Fsp3) is 0.300. The summed E-state index contributed by atoms with van der Waals surface area (Å²) in [4.78, 5) is 10.9. The van der Waals surface area contributed by atoms with Crippen molar-refractivity contribution in [3.8, 4) is 0 Å². The highest BCUT2D eigenvalue weighted by molar-refractivity contribution is 7.92. The van der Waals surface area contributed by atoms with E-state index in [2.05, 4.69) is 0 Å². The fourth-order valence-corrected chi connectivity index (χ4v) is 2.37. The maximum Gasteiger partial charge on any atom is 0.238 e. The van der Waals surface area contributed by atoms with Crippen molar-refractivity contribution in [2.45, 2.75) is 6.92 Å². The van der Waals surface area contributed by atoms with Crippen LogP contribution in [0.5, 0.6) is 0 Å². The number of primary amides is 1. The summed E-state index contributed by atoms with van der Waals surface area (Å²) >= 11 is 0. The van der Waals surface area contributed by atoms with Gasteiger partial charge in [-0.05, 0) is 19.1 Å². The Bertz CT molecular complexity index is 516. The Kier molecular flexibility index (Phi) is 4.06. The normalized spacial score (nSPS) is 11.2. The standard InChI is InChI=1S/C10H13FN2O3S/c1-2-17(15,16)13(7-10(12)14)9-6-4-3-5-8(9)11/h3-6H,2,7H2,1H3,(H2,12,14). The van der Waals surface area contributed by atoms with Gasteiger partial charge in [0, 0.05) is 0 Å². The molecule has 0 radical (unpaired) electrons. The van der Waals surface area contributed by atoms with E-state index in [4.69, 9.17) is 5.73 Å². The molecule has 0 saturated heterocycles. The monoisotopic (exact) mass is 260 g/mol. The highest BCUT2D eigenvalue weighted by atomic mass is 32.2. The molecular weight excluding hydrogens is 247 g/mol. The van der Waals surface area contributed by atoms with E-state index in [0.29, 0.717) is 4.31 Å². The van der Waals surface area contributed by atoms with Crippen molar-refractivity contribution in [3.63, 3.8) is 0 Å². The number of anilines is 1. The van der Waals surface area contributed by atoms with Crippen LogP contribution in [0, 0.1) is 5.82 Å². The molecule has 17 heavy (non-hydrogen) atoms. The molecule has 0 unspecified atom stereocenters. The predicted molar refractivity (Wildman–Crippen MR) is 62.4 cm³/mol. The molecule has 0 saturated carbocycles. The first kappa shape index (κ1) is 13.4. The Labute approximate surface area is 99.1 Å². The Balaban J connectivity index is 3.25. The third kappa shape index (κ3) is 3.16. The molecule has 0 aliphatic rings. The number of carbonyl (C=O) groups excluding carboxylic acids is 1. The molecule has 0 spiro atoms. The van der Waals surface area contributed by atoms with Crippen LogP contribution in [0.25, 0.3) is 0 Å². The Hall–Kier alpha value is -1.63. The van der Waals surface area contributed by atoms with Gasteiger partial charge in [0.05, 0.1) is 11.4 Å². The van der Waals surface area contributed by atoms with E-state index in [-0.39, 0.29) is 11.4 Å². The Morgan fingerprint density at radius 2 is 2.00 bits per heavy atom. The van der Waals surface area contributed by atoms with Crippen molar-refractivity contribution in [2.75, 3.05) is 16.6 Å². The lowest BCUT2D eigenvalue weighted by atomic mass is 10.3. The number of hydrogen-bond donors (Lipinski definition) is 1. The minimum Gasteiger partial charge on any atom is -0.368 e. The number of amides is 1. The third-order valence-corrected chi connectivity index (χ3v) is 3.85. The van der Waals surface area contributed by atoms with Gasteiger partial charge in [-0.1, -0.05) is 12.1 Å². The van der Waals surface area contributed by atoms with E-state index in [1.54, 1.807) is 0 Å². The van der Waals surface area contributed by atoms with Crippen LogP contribution in [-0.2, 0) is 14.8 Å². The SMILES string of the molecule is CCS(=O)(=O)N(CC(N)=O)c1ccccc1F. The van der Waals surface area contributed by atoms with Crippen LogP contribution in [0.15, 0.2) is 24.3 Å². The number of carbonyl (C=O) groups is 1. The van der Waals surface area contributed by atoms with Crippen molar-refractivity contribution in [1.82, 2.24) is 0 Å². The number of para-hydroxylation sites is 1. The number of benzene rings is 1. The smallest absolute Gasteiger partial charge is 0.238 e. The lowest BCUT2D eigenvalue weighted by Gasteiger charge is -2.22. The number of halogens is 1. The Morgan fingerprint density at radius 3 is 2.47 bits per heavy atom. The average molecular weight is 260 g/mol. The topological polar surface area (TPSA) is 80.5 Å². The Morgan fingerprint density at radius 1 is 1.41 bits per heavy atom. The van der Waals surface area contributed by atoms with E-state index in [9.17, 15) is 17.6 Å². The van der Waals surface area contributed by atoms with E-state index < -0.39 is 28.3 Å². The molecule has 0 bridgehead atoms. The van der Waals surface area contributed by atoms with Crippen molar-refractivity contribution in [3.05, 3.63) is 30.1 Å². The molecule has 1 rings (SSSR count). The van der Waals surface area contributed by atoms with Crippen LogP contribution < -0.4 is 10.0 Å². The lowest BCUT2D eigenvalue weighted by Crippen LogP contribution is -2.39. The van der Waals surface area contributed by atoms with Crippen molar-refractivity contribution < 1.29 is 17.6 Å². The van der Waals surface area contributed by atoms with Gasteiger partial charge in [-0.3, -0.25) is 9.10 Å². The summed E-state index contributed by atoms with van der Waals surface area (Å²) in [6.07, 6.45) is 0. The number of nitrogens with two attached hydrogens (primary N) is 1. The van der Waals surface area contributed by atoms with Crippen LogP contribution in [0.3, 0.4) is 0 Å². The summed E-state index contributed by atoms with van der Waals surface area (Å²) in [7, 11) is -3.74. The summed E-state index contributed by atoms with van der Waals surface area (Å²) in [5, 5.41) is 0. The first-order valence-electron chi connectivity index (χ1n) is 4.91. The molecule has 0 heterocycles. The van der Waals surface area contributed by atoms with Gasteiger partial charge in [0.1, 0.15) is 12.4 Å². The van der Waals surface area contributed by atoms with E-state index in [1.807, 2.05) is 0 Å². The zero-order valence-electron chi connectivity index (χ0n) is 9.26. The van der Waals surface area contributed by atoms with Gasteiger partial charge in [-0.25, -0.2) is 12.8 Å². The summed E-state index contributed by atoms with van der Waals surface area (Å²) < 4.78 is 37.7. The van der Waals surface area contributed by atoms with Gasteiger partial charge in [0.2, 0.25) is 15.9 Å². The second-order valence-corrected chi connectivity index (χ2v) is 5.51. The average Bonchev–Trinajstić information content (AvgIpc) is 2.26. The van der Waals surface area contributed by atoms with Gasteiger partial charge in [-0.15, -0.1) is 0 Å². The lowest BCUT2D eigenvalue weighted by molar-refractivity contribution is -0.116. The molecule has 0 aliphatic heterocycles. The number of rotatable bonds is 5. The highest BCUT2D eigenvalue weighted by Gasteiger charge is 2.24. The molecular formula is C10H13FN2O3S. The molecule has 0 fully saturated rings. The van der Waals surface area contributed by atoms with Gasteiger partial charge < -0.3 is 5.73 Å². The maximum absolute atomic E-state index is 13.5. The molecule has 1 aromatic rings. The highest BCUT2D eigenvalue weighted by Crippen LogP contribution is 2.21. The number of hydrogen-bond acceptors (Lipinski definition) is 3. The van der Waals surface area contributed by atoms with Crippen LogP contribution in [0.2, 0.25) is 0 Å². The van der Waals surface area contributed by atoms with Gasteiger partial charge in [0.25, 0.3) is 0 Å². The van der Waals surface area contributed by atoms with Crippen molar-refractivity contribution in [1.29, 1.82) is 0 Å². The summed E-state index contributed by atoms with van der Waals surface area (Å²) in [6.45, 7) is 0.835. The molecule has 7 heteroatoms. The second-order valence-electron chi connectivity index (χ2n) is 3.32. The van der Waals surface area contributed by atoms with Crippen LogP contribution in [-0.4, -0.2) is 26.6 Å². The molecule has 5 nitrogen and oxygen atoms in total. The molecule has 0 aliphatic carbocycles. The van der Waals surface area contributed by atoms with Crippen molar-refractivity contribution in [2.24, 2.45) is 5.73 Å². The van der Waals surface area contributed by atoms with E-state index >= 15 is 0 Å². The molecule has 94 valence electrons. The van der Waals surface area contributed by atoms with Gasteiger partial charge in [0.15, 0.2) is 0 Å². The number of nitrogens with zero attached hydrogens (tertiary/aromatic N) is 1. The summed E-state index contributed by atoms with van der Waals surface area (Å²) in [6, 6.07) is 5.32. The van der Waals surface area contributed by atoms with E-state index in [1.165, 1.54) is 25.1 Å². The minimum atomic E-state index is -3.74. The zero-order valence-corrected chi connectivity index (χ0v) is 10.1. The summed E-state index contributed by atoms with van der Waals surface area (Å²) in [5.74, 6) is -1.80. The number of sulfonamides is 1. The summed E-state index contributed by atoms with van der Waals surface area (Å²) in [5.41, 5.74) is 4.79. The van der Waals surface area contributed by atoms with Crippen LogP contribution in [0.1, 0.15) is 6.92 Å². The fourth-order valence-electron chi connectivity index (χ4n) is 1.28. The van der Waals surface area contributed by atoms with Gasteiger partial charge >= 0.3 is 0 Å². The molecule has 0 atom stereocenters.